The van der Waals surface area contributed by atoms with Crippen molar-refractivity contribution in [2.24, 2.45) is 0 Å². The Morgan fingerprint density at radius 2 is 1.30 bits per heavy atom. The van der Waals surface area contributed by atoms with Crippen LogP contribution in [0.5, 0.6) is 0 Å². The first kappa shape index (κ1) is 25.0. The van der Waals surface area contributed by atoms with E-state index >= 15 is 0 Å². The summed E-state index contributed by atoms with van der Waals surface area (Å²) in [5.41, 5.74) is 0.852. The first-order valence-corrected chi connectivity index (χ1v) is 13.0. The number of benzene rings is 3. The van der Waals surface area contributed by atoms with E-state index in [-0.39, 0.29) is 26.1 Å². The van der Waals surface area contributed by atoms with Crippen molar-refractivity contribution in [3.63, 3.8) is 0 Å². The minimum atomic E-state index is -3.89. The number of nitrogens with one attached hydrogen (secondary N) is 2. The van der Waals surface area contributed by atoms with Crippen LogP contribution < -0.4 is 10.0 Å². The second kappa shape index (κ2) is 9.70. The molecule has 0 spiro atoms. The van der Waals surface area contributed by atoms with Crippen molar-refractivity contribution < 1.29 is 21.6 Å². The molecule has 0 fully saturated rings. The summed E-state index contributed by atoms with van der Waals surface area (Å²) >= 11 is 11.8. The smallest absolute Gasteiger partial charge is 0.261 e. The molecular weight excluding hydrogens is 509 g/mol. The van der Waals surface area contributed by atoms with Gasteiger partial charge in [-0.3, -0.25) is 9.52 Å². The molecule has 0 heterocycles. The standard InChI is InChI=1S/C21H19Cl2N3O5S2/c1-26(2)33(30,31)18-8-3-14(4-9-18)21(27)24-15-5-10-17(11-6-15)32(28,29)25-16-7-12-19(22)20(23)13-16/h3-13,25H,1-2H3,(H,24,27). The molecular formula is C21H19Cl2N3O5S2. The van der Waals surface area contributed by atoms with Crippen LogP contribution in [-0.2, 0) is 20.0 Å². The summed E-state index contributed by atoms with van der Waals surface area (Å²) in [6.45, 7) is 0. The monoisotopic (exact) mass is 527 g/mol. The molecule has 0 aliphatic carbocycles. The molecule has 8 nitrogen and oxygen atoms in total. The maximum atomic E-state index is 12.6. The first-order chi connectivity index (χ1) is 15.4. The Morgan fingerprint density at radius 3 is 1.85 bits per heavy atom. The van der Waals surface area contributed by atoms with Gasteiger partial charge in [-0.15, -0.1) is 0 Å². The summed E-state index contributed by atoms with van der Waals surface area (Å²) in [5.74, 6) is -0.478. The lowest BCUT2D eigenvalue weighted by molar-refractivity contribution is 0.102. The van der Waals surface area contributed by atoms with E-state index in [4.69, 9.17) is 23.2 Å². The SMILES string of the molecule is CN(C)S(=O)(=O)c1ccc(C(=O)Nc2ccc(S(=O)(=O)Nc3ccc(Cl)c(Cl)c3)cc2)cc1. The van der Waals surface area contributed by atoms with E-state index in [2.05, 4.69) is 10.0 Å². The third-order valence-electron chi connectivity index (χ3n) is 4.49. The summed E-state index contributed by atoms with van der Waals surface area (Å²) in [4.78, 5) is 12.5. The molecule has 0 bridgehead atoms. The zero-order chi connectivity index (χ0) is 24.4. The molecule has 0 atom stereocenters. The molecule has 3 aromatic carbocycles. The molecule has 0 aromatic heterocycles. The van der Waals surface area contributed by atoms with Crippen molar-refractivity contribution in [2.45, 2.75) is 9.79 Å². The van der Waals surface area contributed by atoms with Gasteiger partial charge in [-0.2, -0.15) is 0 Å². The van der Waals surface area contributed by atoms with Crippen LogP contribution in [0.3, 0.4) is 0 Å². The van der Waals surface area contributed by atoms with Gasteiger partial charge in [0.2, 0.25) is 10.0 Å². The van der Waals surface area contributed by atoms with Crippen LogP contribution in [0.15, 0.2) is 76.5 Å². The maximum absolute atomic E-state index is 12.6. The van der Waals surface area contributed by atoms with Crippen molar-refractivity contribution in [1.82, 2.24) is 4.31 Å². The Labute approximate surface area is 202 Å². The summed E-state index contributed by atoms with van der Waals surface area (Å²) in [6.07, 6.45) is 0. The molecule has 33 heavy (non-hydrogen) atoms. The van der Waals surface area contributed by atoms with Crippen LogP contribution in [-0.4, -0.2) is 41.1 Å². The Balaban J connectivity index is 1.71. The van der Waals surface area contributed by atoms with E-state index < -0.39 is 26.0 Å². The molecule has 2 N–H and O–H groups in total. The number of rotatable bonds is 7. The number of carbonyl (C=O) groups is 1. The predicted octanol–water partition coefficient (Wildman–Crippen LogP) is 4.30. The number of anilines is 2. The molecule has 1 amide bonds. The lowest BCUT2D eigenvalue weighted by Gasteiger charge is -2.12. The van der Waals surface area contributed by atoms with Crippen LogP contribution in [0, 0.1) is 0 Å². The van der Waals surface area contributed by atoms with E-state index in [0.29, 0.717) is 10.7 Å². The lowest BCUT2D eigenvalue weighted by atomic mass is 10.2. The Kier molecular flexibility index (Phi) is 7.35. The first-order valence-electron chi connectivity index (χ1n) is 9.32. The quantitative estimate of drug-likeness (QED) is 0.475. The second-order valence-electron chi connectivity index (χ2n) is 7.02. The van der Waals surface area contributed by atoms with E-state index in [1.807, 2.05) is 0 Å². The second-order valence-corrected chi connectivity index (χ2v) is 11.7. The van der Waals surface area contributed by atoms with Gasteiger partial charge >= 0.3 is 0 Å². The van der Waals surface area contributed by atoms with Crippen LogP contribution >= 0.6 is 23.2 Å². The molecule has 0 radical (unpaired) electrons. The minimum Gasteiger partial charge on any atom is -0.322 e. The summed E-state index contributed by atoms with van der Waals surface area (Å²) in [7, 11) is -4.66. The number of hydrogen-bond acceptors (Lipinski definition) is 5. The Hall–Kier alpha value is -2.63. The molecule has 174 valence electrons. The van der Waals surface area contributed by atoms with E-state index in [1.54, 1.807) is 0 Å². The van der Waals surface area contributed by atoms with Gasteiger partial charge in [0.15, 0.2) is 0 Å². The van der Waals surface area contributed by atoms with Gasteiger partial charge in [0.1, 0.15) is 0 Å². The van der Waals surface area contributed by atoms with Crippen molar-refractivity contribution in [3.05, 3.63) is 82.3 Å². The number of nitrogens with zero attached hydrogens (tertiary/aromatic N) is 1. The van der Waals surface area contributed by atoms with Crippen molar-refractivity contribution >= 4 is 60.5 Å². The maximum Gasteiger partial charge on any atom is 0.261 e. The molecule has 12 heteroatoms. The van der Waals surface area contributed by atoms with Crippen molar-refractivity contribution in [3.8, 4) is 0 Å². The van der Waals surface area contributed by atoms with Gasteiger partial charge < -0.3 is 5.32 Å². The molecule has 0 saturated carbocycles. The zero-order valence-electron chi connectivity index (χ0n) is 17.4. The summed E-state index contributed by atoms with van der Waals surface area (Å²) in [6, 6.07) is 15.4. The molecule has 3 aromatic rings. The lowest BCUT2D eigenvalue weighted by Crippen LogP contribution is -2.22. The van der Waals surface area contributed by atoms with Gasteiger partial charge in [-0.05, 0) is 66.7 Å². The van der Waals surface area contributed by atoms with Gasteiger partial charge in [0.25, 0.3) is 15.9 Å². The minimum absolute atomic E-state index is 0.0233. The highest BCUT2D eigenvalue weighted by atomic mass is 35.5. The molecule has 0 aliphatic rings. The zero-order valence-corrected chi connectivity index (χ0v) is 20.6. The van der Waals surface area contributed by atoms with Crippen LogP contribution in [0.25, 0.3) is 0 Å². The van der Waals surface area contributed by atoms with E-state index in [0.717, 1.165) is 4.31 Å². The van der Waals surface area contributed by atoms with Gasteiger partial charge in [0.05, 0.1) is 25.5 Å². The molecule has 0 aliphatic heterocycles. The highest BCUT2D eigenvalue weighted by Crippen LogP contribution is 2.27. The topological polar surface area (TPSA) is 113 Å². The third kappa shape index (κ3) is 5.84. The van der Waals surface area contributed by atoms with Gasteiger partial charge in [-0.1, -0.05) is 23.2 Å². The molecule has 0 unspecified atom stereocenters. The van der Waals surface area contributed by atoms with Gasteiger partial charge in [0, 0.05) is 25.3 Å². The van der Waals surface area contributed by atoms with Crippen LogP contribution in [0.4, 0.5) is 11.4 Å². The fourth-order valence-corrected chi connectivity index (χ4v) is 4.93. The number of amides is 1. The number of sulfonamides is 2. The van der Waals surface area contributed by atoms with Crippen molar-refractivity contribution in [1.29, 1.82) is 0 Å². The van der Waals surface area contributed by atoms with E-state index in [1.165, 1.54) is 80.8 Å². The van der Waals surface area contributed by atoms with Gasteiger partial charge in [-0.25, -0.2) is 21.1 Å². The summed E-state index contributed by atoms with van der Waals surface area (Å²) in [5, 5.41) is 3.15. The Morgan fingerprint density at radius 1 is 0.758 bits per heavy atom. The molecule has 3 rings (SSSR count). The van der Waals surface area contributed by atoms with Crippen LogP contribution in [0.1, 0.15) is 10.4 Å². The van der Waals surface area contributed by atoms with E-state index in [9.17, 15) is 21.6 Å². The normalized spacial score (nSPS) is 11.9. The van der Waals surface area contributed by atoms with Crippen molar-refractivity contribution in [2.75, 3.05) is 24.1 Å². The average Bonchev–Trinajstić information content (AvgIpc) is 2.76. The highest BCUT2D eigenvalue weighted by molar-refractivity contribution is 7.92. The summed E-state index contributed by atoms with van der Waals surface area (Å²) < 4.78 is 52.9. The number of halogens is 2. The fraction of sp³-hybridized carbons (Fsp3) is 0.0952. The molecule has 0 saturated heterocycles. The Bertz CT molecular complexity index is 1390. The highest BCUT2D eigenvalue weighted by Gasteiger charge is 2.18. The fourth-order valence-electron chi connectivity index (χ4n) is 2.68. The van der Waals surface area contributed by atoms with Crippen LogP contribution in [0.2, 0.25) is 10.0 Å². The average molecular weight is 528 g/mol. The number of carbonyl (C=O) groups excluding carboxylic acids is 1. The third-order valence-corrected chi connectivity index (χ3v) is 8.45. The number of hydrogen-bond donors (Lipinski definition) is 2. The predicted molar refractivity (Wildman–Crippen MR) is 129 cm³/mol. The largest absolute Gasteiger partial charge is 0.322 e.